The van der Waals surface area contributed by atoms with Crippen molar-refractivity contribution in [3.05, 3.63) is 42.2 Å². The molecule has 1 aromatic heterocycles. The molecule has 2 aromatic rings. The van der Waals surface area contributed by atoms with Gasteiger partial charge < -0.3 is 4.57 Å². The van der Waals surface area contributed by atoms with Crippen molar-refractivity contribution in [2.45, 2.75) is 52.1 Å². The number of likely N-dealkylation sites (tertiary alicyclic amines) is 1. The van der Waals surface area contributed by atoms with Crippen LogP contribution < -0.4 is 0 Å². The Morgan fingerprint density at radius 3 is 2.27 bits per heavy atom. The van der Waals surface area contributed by atoms with E-state index in [1.165, 1.54) is 43.5 Å². The molecule has 1 saturated heterocycles. The zero-order valence-corrected chi connectivity index (χ0v) is 14.0. The second-order valence-electron chi connectivity index (χ2n) is 6.65. The molecule has 0 aliphatic carbocycles. The number of benzene rings is 1. The van der Waals surface area contributed by atoms with Gasteiger partial charge in [0, 0.05) is 30.0 Å². The molecule has 22 heavy (non-hydrogen) atoms. The quantitative estimate of drug-likeness (QED) is 0.817. The van der Waals surface area contributed by atoms with Crippen LogP contribution in [0, 0.1) is 0 Å². The van der Waals surface area contributed by atoms with Crippen LogP contribution >= 0.6 is 0 Å². The Labute approximate surface area is 134 Å². The maximum absolute atomic E-state index is 4.52. The fourth-order valence-corrected chi connectivity index (χ4v) is 3.38. The maximum Gasteiger partial charge on any atom is 0.140 e. The summed E-state index contributed by atoms with van der Waals surface area (Å²) < 4.78 is 2.23. The van der Waals surface area contributed by atoms with Crippen LogP contribution in [0.2, 0.25) is 0 Å². The summed E-state index contributed by atoms with van der Waals surface area (Å²) in [6.45, 7) is 9.19. The maximum atomic E-state index is 4.52. The molecule has 1 aliphatic heterocycles. The van der Waals surface area contributed by atoms with E-state index < -0.39 is 0 Å². The summed E-state index contributed by atoms with van der Waals surface area (Å²) in [5, 5.41) is 0. The lowest BCUT2D eigenvalue weighted by Crippen LogP contribution is -2.32. The lowest BCUT2D eigenvalue weighted by molar-refractivity contribution is 0.175. The standard InChI is InChI=1S/C19H27N3/c1-15(2)22-14-11-20-19(22)18-9-7-17(8-10-18)16(3)21-12-5-4-6-13-21/h7-11,14-16H,4-6,12-13H2,1-3H3/t16-/m0/s1. The van der Waals surface area contributed by atoms with E-state index in [4.69, 9.17) is 0 Å². The van der Waals surface area contributed by atoms with E-state index >= 15 is 0 Å². The number of hydrogen-bond acceptors (Lipinski definition) is 2. The molecule has 3 heteroatoms. The molecule has 1 fully saturated rings. The molecule has 0 radical (unpaired) electrons. The molecule has 1 atom stereocenters. The SMILES string of the molecule is CC(C)n1ccnc1-c1ccc([C@H](C)N2CCCCC2)cc1. The minimum atomic E-state index is 0.435. The van der Waals surface area contributed by atoms with Crippen LogP contribution in [0.3, 0.4) is 0 Å². The zero-order valence-electron chi connectivity index (χ0n) is 14.0. The highest BCUT2D eigenvalue weighted by Crippen LogP contribution is 2.27. The Kier molecular flexibility index (Phi) is 4.63. The molecule has 2 heterocycles. The summed E-state index contributed by atoms with van der Waals surface area (Å²) in [7, 11) is 0. The van der Waals surface area contributed by atoms with E-state index in [-0.39, 0.29) is 0 Å². The predicted molar refractivity (Wildman–Crippen MR) is 91.9 cm³/mol. The van der Waals surface area contributed by atoms with Gasteiger partial charge in [0.05, 0.1) is 0 Å². The molecular formula is C19H27N3. The molecule has 3 nitrogen and oxygen atoms in total. The second-order valence-corrected chi connectivity index (χ2v) is 6.65. The normalized spacial score (nSPS) is 17.8. The highest BCUT2D eigenvalue weighted by molar-refractivity contribution is 5.56. The van der Waals surface area contributed by atoms with Gasteiger partial charge in [-0.3, -0.25) is 4.90 Å². The van der Waals surface area contributed by atoms with Gasteiger partial charge in [0.2, 0.25) is 0 Å². The lowest BCUT2D eigenvalue weighted by atomic mass is 10.0. The average molecular weight is 297 g/mol. The highest BCUT2D eigenvalue weighted by Gasteiger charge is 2.18. The van der Waals surface area contributed by atoms with Crippen molar-refractivity contribution in [3.63, 3.8) is 0 Å². The predicted octanol–water partition coefficient (Wildman–Crippen LogP) is 4.68. The zero-order chi connectivity index (χ0) is 15.5. The molecule has 1 aliphatic rings. The van der Waals surface area contributed by atoms with E-state index in [2.05, 4.69) is 65.7 Å². The third kappa shape index (κ3) is 3.09. The molecule has 0 spiro atoms. The van der Waals surface area contributed by atoms with Crippen molar-refractivity contribution in [1.82, 2.24) is 14.5 Å². The molecular weight excluding hydrogens is 270 g/mol. The van der Waals surface area contributed by atoms with Crippen LogP contribution in [0.4, 0.5) is 0 Å². The highest BCUT2D eigenvalue weighted by atomic mass is 15.2. The lowest BCUT2D eigenvalue weighted by Gasteiger charge is -2.32. The summed E-state index contributed by atoms with van der Waals surface area (Å²) in [4.78, 5) is 7.13. The first kappa shape index (κ1) is 15.3. The van der Waals surface area contributed by atoms with Crippen LogP contribution in [0.25, 0.3) is 11.4 Å². The Morgan fingerprint density at radius 1 is 0.955 bits per heavy atom. The Bertz CT molecular complexity index is 591. The monoisotopic (exact) mass is 297 g/mol. The molecule has 3 rings (SSSR count). The first-order valence-electron chi connectivity index (χ1n) is 8.54. The molecule has 0 bridgehead atoms. The topological polar surface area (TPSA) is 21.1 Å². The Morgan fingerprint density at radius 2 is 1.64 bits per heavy atom. The van der Waals surface area contributed by atoms with Crippen LogP contribution in [0.15, 0.2) is 36.7 Å². The van der Waals surface area contributed by atoms with Gasteiger partial charge >= 0.3 is 0 Å². The van der Waals surface area contributed by atoms with E-state index in [0.717, 1.165) is 5.82 Å². The second kappa shape index (κ2) is 6.66. The largest absolute Gasteiger partial charge is 0.328 e. The van der Waals surface area contributed by atoms with Gasteiger partial charge in [0.15, 0.2) is 0 Å². The van der Waals surface area contributed by atoms with Crippen LogP contribution in [0.1, 0.15) is 57.7 Å². The van der Waals surface area contributed by atoms with Gasteiger partial charge in [-0.05, 0) is 52.3 Å². The molecule has 1 aromatic carbocycles. The van der Waals surface area contributed by atoms with Crippen molar-refractivity contribution in [3.8, 4) is 11.4 Å². The van der Waals surface area contributed by atoms with Gasteiger partial charge in [0.25, 0.3) is 0 Å². The van der Waals surface area contributed by atoms with Crippen LogP contribution in [-0.2, 0) is 0 Å². The summed E-state index contributed by atoms with van der Waals surface area (Å²) in [6, 6.07) is 9.93. The first-order valence-corrected chi connectivity index (χ1v) is 8.54. The molecule has 0 N–H and O–H groups in total. The van der Waals surface area contributed by atoms with E-state index in [1.807, 2.05) is 6.20 Å². The number of nitrogens with zero attached hydrogens (tertiary/aromatic N) is 3. The van der Waals surface area contributed by atoms with E-state index in [1.54, 1.807) is 0 Å². The third-order valence-electron chi connectivity index (χ3n) is 4.81. The van der Waals surface area contributed by atoms with Crippen molar-refractivity contribution < 1.29 is 0 Å². The summed E-state index contributed by atoms with van der Waals surface area (Å²) >= 11 is 0. The van der Waals surface area contributed by atoms with Crippen molar-refractivity contribution in [1.29, 1.82) is 0 Å². The summed E-state index contributed by atoms with van der Waals surface area (Å²) in [5.74, 6) is 1.06. The average Bonchev–Trinajstić information content (AvgIpc) is 3.05. The van der Waals surface area contributed by atoms with Crippen LogP contribution in [-0.4, -0.2) is 27.5 Å². The minimum Gasteiger partial charge on any atom is -0.328 e. The number of aromatic nitrogens is 2. The van der Waals surface area contributed by atoms with Gasteiger partial charge in [-0.15, -0.1) is 0 Å². The summed E-state index contributed by atoms with van der Waals surface area (Å²) in [6.07, 6.45) is 8.02. The van der Waals surface area contributed by atoms with Gasteiger partial charge in [-0.25, -0.2) is 4.98 Å². The van der Waals surface area contributed by atoms with Gasteiger partial charge in [0.1, 0.15) is 5.82 Å². The first-order chi connectivity index (χ1) is 10.7. The smallest absolute Gasteiger partial charge is 0.140 e. The number of hydrogen-bond donors (Lipinski definition) is 0. The number of imidazole rings is 1. The molecule has 0 saturated carbocycles. The molecule has 0 amide bonds. The Balaban J connectivity index is 1.78. The van der Waals surface area contributed by atoms with E-state index in [9.17, 15) is 0 Å². The third-order valence-corrected chi connectivity index (χ3v) is 4.81. The van der Waals surface area contributed by atoms with Crippen LogP contribution in [0.5, 0.6) is 0 Å². The summed E-state index contributed by atoms with van der Waals surface area (Å²) in [5.41, 5.74) is 2.61. The molecule has 118 valence electrons. The number of piperidine rings is 1. The molecule has 0 unspecified atom stereocenters. The fourth-order valence-electron chi connectivity index (χ4n) is 3.38. The number of rotatable bonds is 4. The minimum absolute atomic E-state index is 0.435. The van der Waals surface area contributed by atoms with E-state index in [0.29, 0.717) is 12.1 Å². The van der Waals surface area contributed by atoms with Gasteiger partial charge in [-0.1, -0.05) is 30.7 Å². The van der Waals surface area contributed by atoms with Crippen molar-refractivity contribution in [2.24, 2.45) is 0 Å². The Hall–Kier alpha value is -1.61. The fraction of sp³-hybridized carbons (Fsp3) is 0.526. The van der Waals surface area contributed by atoms with Gasteiger partial charge in [-0.2, -0.15) is 0 Å². The van der Waals surface area contributed by atoms with Crippen molar-refractivity contribution >= 4 is 0 Å². The van der Waals surface area contributed by atoms with Crippen molar-refractivity contribution in [2.75, 3.05) is 13.1 Å².